The molecule has 2 aromatic carbocycles. The molecule has 2 aliphatic rings. The van der Waals surface area contributed by atoms with Crippen LogP contribution in [0.4, 0.5) is 4.39 Å². The van der Waals surface area contributed by atoms with E-state index in [4.69, 9.17) is 11.2 Å². The molecule has 4 rings (SSSR count). The van der Waals surface area contributed by atoms with Crippen LogP contribution in [0.5, 0.6) is 5.75 Å². The molecule has 1 aliphatic carbocycles. The van der Waals surface area contributed by atoms with Crippen molar-refractivity contribution >= 4 is 11.8 Å². The highest BCUT2D eigenvalue weighted by Crippen LogP contribution is 2.45. The van der Waals surface area contributed by atoms with Crippen LogP contribution in [0.25, 0.3) is 0 Å². The Hall–Kier alpha value is -3.41. The molecule has 2 aromatic rings. The number of benzene rings is 2. The monoisotopic (exact) mass is 535 g/mol. The van der Waals surface area contributed by atoms with Crippen molar-refractivity contribution in [3.8, 4) is 18.1 Å². The van der Waals surface area contributed by atoms with E-state index in [9.17, 15) is 19.1 Å². The van der Waals surface area contributed by atoms with Crippen molar-refractivity contribution in [2.24, 2.45) is 0 Å². The SMILES string of the molecule is C#CCC1NC(=O)CCCCOc2cc(ccc2F)CC(C(O)CNC2(c3cccc(CC)c3)CC2)NC1=O. The molecule has 2 bridgehead atoms. The van der Waals surface area contributed by atoms with Crippen molar-refractivity contribution in [2.75, 3.05) is 13.2 Å². The van der Waals surface area contributed by atoms with Crippen molar-refractivity contribution in [1.82, 2.24) is 16.0 Å². The van der Waals surface area contributed by atoms with Crippen molar-refractivity contribution in [3.63, 3.8) is 0 Å². The molecule has 0 spiro atoms. The highest BCUT2D eigenvalue weighted by molar-refractivity contribution is 5.88. The summed E-state index contributed by atoms with van der Waals surface area (Å²) >= 11 is 0. The Morgan fingerprint density at radius 3 is 2.77 bits per heavy atom. The van der Waals surface area contributed by atoms with E-state index in [0.717, 1.165) is 19.3 Å². The first kappa shape index (κ1) is 28.6. The largest absolute Gasteiger partial charge is 0.491 e. The van der Waals surface area contributed by atoms with Crippen LogP contribution in [-0.4, -0.2) is 48.3 Å². The lowest BCUT2D eigenvalue weighted by atomic mass is 9.98. The summed E-state index contributed by atoms with van der Waals surface area (Å²) in [7, 11) is 0. The number of aliphatic hydroxyl groups is 1. The van der Waals surface area contributed by atoms with Crippen LogP contribution in [0.2, 0.25) is 0 Å². The number of terminal acetylenes is 1. The number of ether oxygens (including phenoxy) is 1. The molecule has 8 heteroatoms. The molecular weight excluding hydrogens is 497 g/mol. The Morgan fingerprint density at radius 1 is 1.21 bits per heavy atom. The average molecular weight is 536 g/mol. The van der Waals surface area contributed by atoms with E-state index in [1.165, 1.54) is 17.2 Å². The quantitative estimate of drug-likeness (QED) is 0.409. The van der Waals surface area contributed by atoms with Gasteiger partial charge in [0.25, 0.3) is 0 Å². The molecule has 0 aromatic heterocycles. The fourth-order valence-corrected chi connectivity index (χ4v) is 4.99. The molecule has 0 saturated heterocycles. The lowest BCUT2D eigenvalue weighted by Gasteiger charge is -2.29. The standard InChI is InChI=1S/C31H38FN3O4/c1-3-8-25-30(38)35-26(27(36)20-33-31(14-15-31)23-10-7-9-21(4-2)17-23)18-22-12-13-24(32)28(19-22)39-16-6-5-11-29(37)34-25/h1,7,9-10,12-13,17,19,25-27,33,36H,4-6,8,11,14-16,18,20H2,2H3,(H,34,37)(H,35,38). The van der Waals surface area contributed by atoms with E-state index < -0.39 is 29.9 Å². The van der Waals surface area contributed by atoms with Gasteiger partial charge < -0.3 is 25.8 Å². The summed E-state index contributed by atoms with van der Waals surface area (Å²) in [6.45, 7) is 2.61. The Labute approximate surface area is 229 Å². The topological polar surface area (TPSA) is 99.7 Å². The zero-order chi connectivity index (χ0) is 27.8. The molecule has 208 valence electrons. The van der Waals surface area contributed by atoms with Gasteiger partial charge in [-0.2, -0.15) is 0 Å². The highest BCUT2D eigenvalue weighted by Gasteiger charge is 2.44. The third kappa shape index (κ3) is 7.59. The first-order valence-corrected chi connectivity index (χ1v) is 13.8. The van der Waals surface area contributed by atoms with Gasteiger partial charge in [-0.1, -0.05) is 37.3 Å². The van der Waals surface area contributed by atoms with Gasteiger partial charge in [0.1, 0.15) is 6.04 Å². The normalized spacial score (nSPS) is 22.2. The first-order valence-electron chi connectivity index (χ1n) is 13.8. The first-order chi connectivity index (χ1) is 18.8. The maximum atomic E-state index is 14.4. The predicted octanol–water partition coefficient (Wildman–Crippen LogP) is 3.13. The lowest BCUT2D eigenvalue weighted by Crippen LogP contribution is -2.55. The number of carbonyl (C=O) groups is 2. The molecule has 2 amide bonds. The second-order valence-corrected chi connectivity index (χ2v) is 10.5. The number of rotatable bonds is 7. The van der Waals surface area contributed by atoms with Gasteiger partial charge in [-0.15, -0.1) is 12.3 Å². The second-order valence-electron chi connectivity index (χ2n) is 10.5. The van der Waals surface area contributed by atoms with Crippen LogP contribution in [0.3, 0.4) is 0 Å². The number of nitrogens with one attached hydrogen (secondary N) is 3. The number of halogens is 1. The van der Waals surface area contributed by atoms with Gasteiger partial charge in [0.15, 0.2) is 11.6 Å². The van der Waals surface area contributed by atoms with Crippen LogP contribution >= 0.6 is 0 Å². The molecule has 1 saturated carbocycles. The summed E-state index contributed by atoms with van der Waals surface area (Å²) in [5, 5.41) is 20.5. The maximum absolute atomic E-state index is 14.4. The molecule has 4 N–H and O–H groups in total. The number of fused-ring (bicyclic) bond motifs is 2. The van der Waals surface area contributed by atoms with E-state index in [1.54, 1.807) is 12.1 Å². The summed E-state index contributed by atoms with van der Waals surface area (Å²) in [6, 6.07) is 11.4. The predicted molar refractivity (Wildman–Crippen MR) is 148 cm³/mol. The number of hydrogen-bond acceptors (Lipinski definition) is 5. The Bertz CT molecular complexity index is 1210. The fraction of sp³-hybridized carbons (Fsp3) is 0.484. The van der Waals surface area contributed by atoms with Crippen molar-refractivity contribution in [1.29, 1.82) is 0 Å². The zero-order valence-electron chi connectivity index (χ0n) is 22.5. The van der Waals surface area contributed by atoms with Crippen LogP contribution in [0.1, 0.15) is 62.1 Å². The van der Waals surface area contributed by atoms with Gasteiger partial charge >= 0.3 is 0 Å². The highest BCUT2D eigenvalue weighted by atomic mass is 19.1. The smallest absolute Gasteiger partial charge is 0.243 e. The van der Waals surface area contributed by atoms with E-state index in [1.807, 2.05) is 0 Å². The minimum Gasteiger partial charge on any atom is -0.491 e. The van der Waals surface area contributed by atoms with E-state index in [2.05, 4.69) is 53.1 Å². The number of carbonyl (C=O) groups excluding carboxylic acids is 2. The summed E-state index contributed by atoms with van der Waals surface area (Å²) in [6.07, 6.45) is 8.91. The van der Waals surface area contributed by atoms with Gasteiger partial charge in [-0.3, -0.25) is 9.59 Å². The number of aliphatic hydroxyl groups excluding tert-OH is 1. The minimum atomic E-state index is -0.965. The summed E-state index contributed by atoms with van der Waals surface area (Å²) in [5.74, 6) is 1.33. The molecule has 1 heterocycles. The van der Waals surface area contributed by atoms with Crippen LogP contribution in [0.15, 0.2) is 42.5 Å². The average Bonchev–Trinajstić information content (AvgIpc) is 3.73. The second kappa shape index (κ2) is 13.1. The van der Waals surface area contributed by atoms with E-state index in [0.29, 0.717) is 18.4 Å². The molecule has 7 nitrogen and oxygen atoms in total. The van der Waals surface area contributed by atoms with Gasteiger partial charge in [-0.05, 0) is 67.3 Å². The molecule has 1 aliphatic heterocycles. The summed E-state index contributed by atoms with van der Waals surface area (Å²) < 4.78 is 20.0. The summed E-state index contributed by atoms with van der Waals surface area (Å²) in [5.41, 5.74) is 2.95. The van der Waals surface area contributed by atoms with E-state index in [-0.39, 0.29) is 49.6 Å². The van der Waals surface area contributed by atoms with Crippen molar-refractivity contribution < 1.29 is 23.8 Å². The minimum absolute atomic E-state index is 0.0271. The number of amides is 2. The third-order valence-electron chi connectivity index (χ3n) is 7.56. The van der Waals surface area contributed by atoms with Crippen LogP contribution in [0, 0.1) is 18.2 Å². The van der Waals surface area contributed by atoms with Gasteiger partial charge in [0, 0.05) is 24.9 Å². The lowest BCUT2D eigenvalue weighted by molar-refractivity contribution is -0.129. The Morgan fingerprint density at radius 2 is 2.03 bits per heavy atom. The number of hydrogen-bond donors (Lipinski definition) is 4. The van der Waals surface area contributed by atoms with E-state index >= 15 is 0 Å². The van der Waals surface area contributed by atoms with Gasteiger partial charge in [0.2, 0.25) is 11.8 Å². The van der Waals surface area contributed by atoms with Crippen LogP contribution < -0.4 is 20.7 Å². The van der Waals surface area contributed by atoms with Crippen molar-refractivity contribution in [2.45, 2.75) is 82.0 Å². The molecular formula is C31H38FN3O4. The molecule has 3 atom stereocenters. The Balaban J connectivity index is 1.54. The van der Waals surface area contributed by atoms with Gasteiger partial charge in [-0.25, -0.2) is 4.39 Å². The Kier molecular flexibility index (Phi) is 9.60. The summed E-state index contributed by atoms with van der Waals surface area (Å²) in [4.78, 5) is 25.7. The molecule has 39 heavy (non-hydrogen) atoms. The molecule has 0 radical (unpaired) electrons. The molecule has 1 fully saturated rings. The third-order valence-corrected chi connectivity index (χ3v) is 7.56. The fourth-order valence-electron chi connectivity index (χ4n) is 4.99. The van der Waals surface area contributed by atoms with Crippen molar-refractivity contribution in [3.05, 3.63) is 65.0 Å². The van der Waals surface area contributed by atoms with Gasteiger partial charge in [0.05, 0.1) is 18.8 Å². The maximum Gasteiger partial charge on any atom is 0.243 e. The molecule has 3 unspecified atom stereocenters. The zero-order valence-corrected chi connectivity index (χ0v) is 22.5. The van der Waals surface area contributed by atoms with Crippen LogP contribution in [-0.2, 0) is 28.0 Å². The number of aryl methyl sites for hydroxylation is 1.